The van der Waals surface area contributed by atoms with Crippen LogP contribution in [-0.4, -0.2) is 72.7 Å². The van der Waals surface area contributed by atoms with Gasteiger partial charge in [0.05, 0.1) is 18.6 Å². The van der Waals surface area contributed by atoms with Gasteiger partial charge in [-0.25, -0.2) is 4.39 Å². The molecule has 1 aliphatic heterocycles. The number of halogens is 4. The molecule has 0 bridgehead atoms. The highest BCUT2D eigenvalue weighted by Crippen LogP contribution is 2.38. The first-order chi connectivity index (χ1) is 8.11. The van der Waals surface area contributed by atoms with Gasteiger partial charge in [0, 0.05) is 7.11 Å². The van der Waals surface area contributed by atoms with Gasteiger partial charge in [0.15, 0.2) is 0 Å². The van der Waals surface area contributed by atoms with Crippen LogP contribution in [-0.2, 0) is 9.53 Å². The fraction of sp³-hybridized carbons (Fsp3) is 0.875. The van der Waals surface area contributed by atoms with E-state index in [0.29, 0.717) is 0 Å². The Morgan fingerprint density at radius 3 is 2.39 bits per heavy atom. The van der Waals surface area contributed by atoms with Gasteiger partial charge in [-0.15, -0.1) is 0 Å². The van der Waals surface area contributed by atoms with Crippen LogP contribution < -0.4 is 0 Å². The number of nitrogens with zero attached hydrogens (tertiary/aromatic N) is 1. The fourth-order valence-electron chi connectivity index (χ4n) is 2.09. The van der Waals surface area contributed by atoms with Crippen LogP contribution in [0.3, 0.4) is 0 Å². The molecule has 104 valence electrons. The molecule has 1 saturated heterocycles. The van der Waals surface area contributed by atoms with Gasteiger partial charge < -0.3 is 19.8 Å². The van der Waals surface area contributed by atoms with E-state index in [1.807, 2.05) is 0 Å². The van der Waals surface area contributed by atoms with Crippen LogP contribution >= 0.6 is 0 Å². The number of hydrogen-bond donors (Lipinski definition) is 2. The number of rotatable bonds is 2. The summed E-state index contributed by atoms with van der Waals surface area (Å²) in [5.41, 5.74) is 0. The number of aliphatic hydroxyl groups is 2. The molecular formula is C8H12BF4NO4. The molecule has 0 aliphatic carbocycles. The van der Waals surface area contributed by atoms with E-state index in [-0.39, 0.29) is 4.90 Å². The van der Waals surface area contributed by atoms with E-state index < -0.39 is 42.6 Å². The molecule has 0 aromatic heterocycles. The summed E-state index contributed by atoms with van der Waals surface area (Å²) in [5, 5.41) is 18.5. The number of carbonyl (C=O) groups is 1. The first-order valence-electron chi connectivity index (χ1n) is 5.03. The number of amides is 1. The molecule has 0 spiro atoms. The van der Waals surface area contributed by atoms with Crippen LogP contribution in [0.2, 0.25) is 0 Å². The van der Waals surface area contributed by atoms with E-state index in [2.05, 4.69) is 4.74 Å². The monoisotopic (exact) mass is 273 g/mol. The molecule has 1 heterocycles. The van der Waals surface area contributed by atoms with Crippen molar-refractivity contribution in [2.45, 2.75) is 30.1 Å². The van der Waals surface area contributed by atoms with E-state index in [1.54, 1.807) is 0 Å². The Bertz CT molecular complexity index is 340. The summed E-state index contributed by atoms with van der Waals surface area (Å²) in [6.07, 6.45) is -7.28. The number of ether oxygens (including phenoxy) is 1. The zero-order valence-corrected chi connectivity index (χ0v) is 9.61. The quantitative estimate of drug-likeness (QED) is 0.469. The second-order valence-electron chi connectivity index (χ2n) is 3.98. The summed E-state index contributed by atoms with van der Waals surface area (Å²) < 4.78 is 55.5. The highest BCUT2D eigenvalue weighted by Gasteiger charge is 2.63. The SMILES string of the molecule is B[C@@H]1N(C(=O)C(F)(F)F)[C@H](CO)[C@@H](O)[C@@]1(F)OC. The van der Waals surface area contributed by atoms with Crippen LogP contribution in [0.15, 0.2) is 0 Å². The van der Waals surface area contributed by atoms with E-state index in [0.717, 1.165) is 15.0 Å². The van der Waals surface area contributed by atoms with Crippen molar-refractivity contribution in [3.05, 3.63) is 0 Å². The van der Waals surface area contributed by atoms with Gasteiger partial charge >= 0.3 is 12.1 Å². The van der Waals surface area contributed by atoms with Gasteiger partial charge in [0.25, 0.3) is 0 Å². The average Bonchev–Trinajstić information content (AvgIpc) is 2.48. The molecule has 0 aromatic rings. The zero-order valence-electron chi connectivity index (χ0n) is 9.61. The lowest BCUT2D eigenvalue weighted by Gasteiger charge is -2.29. The minimum atomic E-state index is -5.22. The summed E-state index contributed by atoms with van der Waals surface area (Å²) >= 11 is 0. The maximum absolute atomic E-state index is 14.1. The lowest BCUT2D eigenvalue weighted by Crippen LogP contribution is -2.52. The molecule has 0 saturated carbocycles. The molecule has 4 atom stereocenters. The summed E-state index contributed by atoms with van der Waals surface area (Å²) in [4.78, 5) is 11.2. The summed E-state index contributed by atoms with van der Waals surface area (Å²) in [6, 6.07) is -1.71. The van der Waals surface area contributed by atoms with Crippen LogP contribution in [0, 0.1) is 0 Å². The zero-order chi connectivity index (χ0) is 14.3. The summed E-state index contributed by atoms with van der Waals surface area (Å²) in [5.74, 6) is -6.86. The Balaban J connectivity index is 3.15. The highest BCUT2D eigenvalue weighted by atomic mass is 19.4. The molecule has 0 radical (unpaired) electrons. The van der Waals surface area contributed by atoms with E-state index in [1.165, 1.54) is 0 Å². The maximum atomic E-state index is 14.1. The predicted molar refractivity (Wildman–Crippen MR) is 53.0 cm³/mol. The Labute approximate surface area is 101 Å². The molecular weight excluding hydrogens is 261 g/mol. The first-order valence-corrected chi connectivity index (χ1v) is 5.03. The Morgan fingerprint density at radius 2 is 2.06 bits per heavy atom. The van der Waals surface area contributed by atoms with Crippen molar-refractivity contribution in [2.24, 2.45) is 0 Å². The second-order valence-corrected chi connectivity index (χ2v) is 3.98. The third-order valence-corrected chi connectivity index (χ3v) is 3.09. The second kappa shape index (κ2) is 4.67. The minimum Gasteiger partial charge on any atom is -0.394 e. The van der Waals surface area contributed by atoms with Gasteiger partial charge in [0.1, 0.15) is 14.0 Å². The molecule has 5 nitrogen and oxygen atoms in total. The number of likely N-dealkylation sites (tertiary alicyclic amines) is 1. The van der Waals surface area contributed by atoms with Crippen LogP contribution in [0.4, 0.5) is 17.6 Å². The third-order valence-electron chi connectivity index (χ3n) is 3.09. The number of hydrogen-bond acceptors (Lipinski definition) is 4. The van der Waals surface area contributed by atoms with E-state index in [9.17, 15) is 27.5 Å². The average molecular weight is 273 g/mol. The highest BCUT2D eigenvalue weighted by molar-refractivity contribution is 6.14. The van der Waals surface area contributed by atoms with E-state index >= 15 is 0 Å². The smallest absolute Gasteiger partial charge is 0.394 e. The lowest BCUT2D eigenvalue weighted by molar-refractivity contribution is -0.192. The van der Waals surface area contributed by atoms with Crippen molar-refractivity contribution in [3.63, 3.8) is 0 Å². The Morgan fingerprint density at radius 1 is 1.56 bits per heavy atom. The molecule has 0 unspecified atom stereocenters. The van der Waals surface area contributed by atoms with Gasteiger partial charge in [-0.2, -0.15) is 13.2 Å². The molecule has 2 N–H and O–H groups in total. The van der Waals surface area contributed by atoms with E-state index in [4.69, 9.17) is 5.11 Å². The van der Waals surface area contributed by atoms with Crippen LogP contribution in [0.5, 0.6) is 0 Å². The topological polar surface area (TPSA) is 70.0 Å². The van der Waals surface area contributed by atoms with Crippen molar-refractivity contribution < 1.29 is 37.3 Å². The largest absolute Gasteiger partial charge is 0.471 e. The van der Waals surface area contributed by atoms with Crippen molar-refractivity contribution in [1.82, 2.24) is 4.90 Å². The third kappa shape index (κ3) is 2.08. The number of methoxy groups -OCH3 is 1. The molecule has 1 rings (SSSR count). The fourth-order valence-corrected chi connectivity index (χ4v) is 2.09. The molecule has 0 aromatic carbocycles. The maximum Gasteiger partial charge on any atom is 0.471 e. The molecule has 1 amide bonds. The Hall–Kier alpha value is -0.865. The lowest BCUT2D eigenvalue weighted by atomic mass is 9.88. The molecule has 10 heteroatoms. The first kappa shape index (κ1) is 15.2. The normalized spacial score (nSPS) is 37.1. The number of carbonyl (C=O) groups excluding carboxylic acids is 1. The minimum absolute atomic E-state index is 0.0637. The van der Waals surface area contributed by atoms with Gasteiger partial charge in [-0.3, -0.25) is 4.79 Å². The van der Waals surface area contributed by atoms with Gasteiger partial charge in [-0.1, -0.05) is 0 Å². The molecule has 1 fully saturated rings. The van der Waals surface area contributed by atoms with Crippen LogP contribution in [0.1, 0.15) is 0 Å². The number of alkyl halides is 4. The van der Waals surface area contributed by atoms with Crippen molar-refractivity contribution >= 4 is 13.8 Å². The standard InChI is InChI=1S/C8H12BF4NO4/c1-18-7(10)4(16)3(2-15)14(5(7)9)6(17)8(11,12)13/h3-5,15-16H,2,9H2,1H3/t3-,4-,5-,7-/m1/s1. The van der Waals surface area contributed by atoms with Crippen molar-refractivity contribution in [1.29, 1.82) is 0 Å². The van der Waals surface area contributed by atoms with Crippen LogP contribution in [0.25, 0.3) is 0 Å². The summed E-state index contributed by atoms with van der Waals surface area (Å²) in [6.45, 7) is -1.01. The molecule has 1 aliphatic rings. The Kier molecular flexibility index (Phi) is 3.94. The molecule has 18 heavy (non-hydrogen) atoms. The van der Waals surface area contributed by atoms with Crippen molar-refractivity contribution in [2.75, 3.05) is 13.7 Å². The van der Waals surface area contributed by atoms with Gasteiger partial charge in [0.2, 0.25) is 5.85 Å². The number of aliphatic hydroxyl groups excluding tert-OH is 2. The van der Waals surface area contributed by atoms with Gasteiger partial charge in [-0.05, 0) is 0 Å². The summed E-state index contributed by atoms with van der Waals surface area (Å²) in [7, 11) is 1.82. The van der Waals surface area contributed by atoms with Crippen molar-refractivity contribution in [3.8, 4) is 0 Å². The predicted octanol–water partition coefficient (Wildman–Crippen LogP) is -1.62.